The molecule has 1 fully saturated rings. The smallest absolute Gasteiger partial charge is 0.0748 e. The number of likely N-dealkylation sites (N-methyl/N-ethyl adjacent to an activating group) is 1. The Morgan fingerprint density at radius 2 is 1.71 bits per heavy atom. The third-order valence-electron chi connectivity index (χ3n) is 5.29. The number of hydrogen-bond acceptors (Lipinski definition) is 2. The van der Waals surface area contributed by atoms with Crippen LogP contribution in [0.25, 0.3) is 0 Å². The molecule has 1 saturated carbocycles. The van der Waals surface area contributed by atoms with E-state index in [0.29, 0.717) is 5.92 Å². The Kier molecular flexibility index (Phi) is 5.46. The third kappa shape index (κ3) is 3.23. The van der Waals surface area contributed by atoms with Crippen LogP contribution >= 0.6 is 0 Å². The minimum Gasteiger partial charge on any atom is -0.391 e. The van der Waals surface area contributed by atoms with Crippen LogP contribution in [0.3, 0.4) is 0 Å². The molecule has 2 atom stereocenters. The molecule has 0 saturated heterocycles. The van der Waals surface area contributed by atoms with E-state index >= 15 is 0 Å². The summed E-state index contributed by atoms with van der Waals surface area (Å²) in [4.78, 5) is 2.20. The highest BCUT2D eigenvalue weighted by molar-refractivity contribution is 4.94. The van der Waals surface area contributed by atoms with Crippen molar-refractivity contribution in [2.24, 2.45) is 11.8 Å². The van der Waals surface area contributed by atoms with Gasteiger partial charge in [-0.25, -0.2) is 0 Å². The molecule has 2 heteroatoms. The summed E-state index contributed by atoms with van der Waals surface area (Å²) in [6.07, 6.45) is 7.18. The Morgan fingerprint density at radius 3 is 2.06 bits per heavy atom. The fourth-order valence-electron chi connectivity index (χ4n) is 3.21. The van der Waals surface area contributed by atoms with Gasteiger partial charge in [-0.3, -0.25) is 0 Å². The first kappa shape index (κ1) is 15.0. The monoisotopic (exact) mass is 241 g/mol. The lowest BCUT2D eigenvalue weighted by Gasteiger charge is -2.45. The fraction of sp³-hybridized carbons (Fsp3) is 1.00. The topological polar surface area (TPSA) is 23.5 Å². The predicted molar refractivity (Wildman–Crippen MR) is 74.1 cm³/mol. The maximum absolute atomic E-state index is 10.7. The molecule has 2 nitrogen and oxygen atoms in total. The van der Waals surface area contributed by atoms with Gasteiger partial charge in [0.15, 0.2) is 0 Å². The molecular weight excluding hydrogens is 210 g/mol. The van der Waals surface area contributed by atoms with Gasteiger partial charge in [0.2, 0.25) is 0 Å². The van der Waals surface area contributed by atoms with Crippen LogP contribution in [-0.2, 0) is 0 Å². The molecule has 0 aromatic carbocycles. The van der Waals surface area contributed by atoms with E-state index in [4.69, 9.17) is 0 Å². The van der Waals surface area contributed by atoms with Crippen LogP contribution in [0, 0.1) is 11.8 Å². The average molecular weight is 241 g/mol. The summed E-state index contributed by atoms with van der Waals surface area (Å²) in [5.41, 5.74) is -0.0658. The summed E-state index contributed by atoms with van der Waals surface area (Å²) in [6, 6.07) is 0. The lowest BCUT2D eigenvalue weighted by Crippen LogP contribution is -2.54. The van der Waals surface area contributed by atoms with E-state index in [1.165, 1.54) is 32.1 Å². The van der Waals surface area contributed by atoms with Crippen molar-refractivity contribution in [3.63, 3.8) is 0 Å². The first-order chi connectivity index (χ1) is 7.95. The van der Waals surface area contributed by atoms with Gasteiger partial charge in [-0.1, -0.05) is 33.1 Å². The average Bonchev–Trinajstić information content (AvgIpc) is 2.36. The zero-order valence-corrected chi connectivity index (χ0v) is 12.4. The van der Waals surface area contributed by atoms with Gasteiger partial charge in [0.25, 0.3) is 0 Å². The Bertz CT molecular complexity index is 221. The van der Waals surface area contributed by atoms with Crippen molar-refractivity contribution < 1.29 is 5.11 Å². The maximum atomic E-state index is 10.7. The van der Waals surface area contributed by atoms with Crippen LogP contribution in [0.1, 0.15) is 59.3 Å². The second kappa shape index (κ2) is 6.19. The molecule has 0 spiro atoms. The van der Waals surface area contributed by atoms with E-state index in [-0.39, 0.29) is 11.6 Å². The summed E-state index contributed by atoms with van der Waals surface area (Å²) >= 11 is 0. The van der Waals surface area contributed by atoms with E-state index < -0.39 is 0 Å². The molecule has 17 heavy (non-hydrogen) atoms. The van der Waals surface area contributed by atoms with Crippen LogP contribution < -0.4 is 0 Å². The molecule has 0 radical (unpaired) electrons. The minimum atomic E-state index is -0.180. The van der Waals surface area contributed by atoms with Crippen molar-refractivity contribution in [1.82, 2.24) is 4.90 Å². The molecule has 1 rings (SSSR count). The van der Waals surface area contributed by atoms with Gasteiger partial charge in [0.1, 0.15) is 0 Å². The number of hydrogen-bond donors (Lipinski definition) is 1. The highest BCUT2D eigenvalue weighted by atomic mass is 16.3. The Labute approximate surface area is 107 Å². The van der Waals surface area contributed by atoms with Gasteiger partial charge in [0, 0.05) is 5.54 Å². The Balaban J connectivity index is 2.61. The lowest BCUT2D eigenvalue weighted by atomic mass is 9.72. The third-order valence-corrected chi connectivity index (χ3v) is 5.29. The molecule has 0 bridgehead atoms. The van der Waals surface area contributed by atoms with Crippen LogP contribution in [0.4, 0.5) is 0 Å². The van der Waals surface area contributed by atoms with Crippen LogP contribution in [0.15, 0.2) is 0 Å². The van der Waals surface area contributed by atoms with Crippen molar-refractivity contribution in [2.75, 3.05) is 14.1 Å². The van der Waals surface area contributed by atoms with Crippen molar-refractivity contribution in [3.05, 3.63) is 0 Å². The molecule has 2 unspecified atom stereocenters. The summed E-state index contributed by atoms with van der Waals surface area (Å²) in [7, 11) is 4.18. The molecule has 0 aliphatic heterocycles. The molecule has 0 aromatic rings. The number of nitrogens with zero attached hydrogens (tertiary/aromatic N) is 1. The Hall–Kier alpha value is -0.0800. The van der Waals surface area contributed by atoms with Gasteiger partial charge in [-0.15, -0.1) is 0 Å². The predicted octanol–water partition coefficient (Wildman–Crippen LogP) is 3.29. The molecular formula is C15H31NO. The second-order valence-electron chi connectivity index (χ2n) is 6.24. The minimum absolute atomic E-state index is 0.0658. The second-order valence-corrected chi connectivity index (χ2v) is 6.24. The number of aliphatic hydroxyl groups is 1. The first-order valence-electron chi connectivity index (χ1n) is 7.31. The standard InChI is InChI=1S/C15H31NO/c1-6-12-8-10-13(11-9-12)14(17)15(3,7-2)16(4)5/h12-14,17H,6-11H2,1-5H3. The molecule has 1 N–H and O–H groups in total. The molecule has 0 amide bonds. The van der Waals surface area contributed by atoms with Gasteiger partial charge >= 0.3 is 0 Å². The van der Waals surface area contributed by atoms with Gasteiger partial charge in [0.05, 0.1) is 6.10 Å². The van der Waals surface area contributed by atoms with Crippen molar-refractivity contribution in [3.8, 4) is 0 Å². The van der Waals surface area contributed by atoms with E-state index in [0.717, 1.165) is 12.3 Å². The number of rotatable bonds is 5. The van der Waals surface area contributed by atoms with Crippen molar-refractivity contribution >= 4 is 0 Å². The molecule has 1 aliphatic carbocycles. The SMILES string of the molecule is CCC1CCC(C(O)C(C)(CC)N(C)C)CC1. The van der Waals surface area contributed by atoms with E-state index in [9.17, 15) is 5.11 Å². The molecule has 102 valence electrons. The molecule has 1 aliphatic rings. The zero-order chi connectivity index (χ0) is 13.1. The van der Waals surface area contributed by atoms with Crippen LogP contribution in [0.2, 0.25) is 0 Å². The summed E-state index contributed by atoms with van der Waals surface area (Å²) in [6.45, 7) is 6.67. The van der Waals surface area contributed by atoms with Gasteiger partial charge in [-0.2, -0.15) is 0 Å². The highest BCUT2D eigenvalue weighted by Gasteiger charge is 2.39. The van der Waals surface area contributed by atoms with Crippen molar-refractivity contribution in [1.29, 1.82) is 0 Å². The van der Waals surface area contributed by atoms with Crippen molar-refractivity contribution in [2.45, 2.75) is 70.9 Å². The van der Waals surface area contributed by atoms with E-state index in [2.05, 4.69) is 39.8 Å². The molecule has 0 heterocycles. The van der Waals surface area contributed by atoms with Crippen LogP contribution in [0.5, 0.6) is 0 Å². The van der Waals surface area contributed by atoms with Gasteiger partial charge < -0.3 is 10.0 Å². The number of aliphatic hydroxyl groups excluding tert-OH is 1. The quantitative estimate of drug-likeness (QED) is 0.798. The summed E-state index contributed by atoms with van der Waals surface area (Å²) in [5.74, 6) is 1.41. The molecule has 0 aromatic heterocycles. The van der Waals surface area contributed by atoms with E-state index in [1.807, 2.05) is 0 Å². The Morgan fingerprint density at radius 1 is 1.18 bits per heavy atom. The van der Waals surface area contributed by atoms with Crippen LogP contribution in [-0.4, -0.2) is 35.7 Å². The largest absolute Gasteiger partial charge is 0.391 e. The first-order valence-corrected chi connectivity index (χ1v) is 7.31. The summed E-state index contributed by atoms with van der Waals surface area (Å²) < 4.78 is 0. The fourth-order valence-corrected chi connectivity index (χ4v) is 3.21. The lowest BCUT2D eigenvalue weighted by molar-refractivity contribution is -0.0466. The maximum Gasteiger partial charge on any atom is 0.0748 e. The highest BCUT2D eigenvalue weighted by Crippen LogP contribution is 2.37. The summed E-state index contributed by atoms with van der Waals surface area (Å²) in [5, 5.41) is 10.7. The zero-order valence-electron chi connectivity index (χ0n) is 12.4. The van der Waals surface area contributed by atoms with Gasteiger partial charge in [-0.05, 0) is 52.1 Å². The normalized spacial score (nSPS) is 31.2. The van der Waals surface area contributed by atoms with E-state index in [1.54, 1.807) is 0 Å².